The molecule has 1 aromatic carbocycles. The summed E-state index contributed by atoms with van der Waals surface area (Å²) in [4.78, 5) is 26.1. The Kier molecular flexibility index (Phi) is 4.26. The molecule has 2 aromatic rings. The summed E-state index contributed by atoms with van der Waals surface area (Å²) in [5.41, 5.74) is 1.35. The van der Waals surface area contributed by atoms with Crippen molar-refractivity contribution < 1.29 is 9.59 Å². The van der Waals surface area contributed by atoms with E-state index < -0.39 is 0 Å². The van der Waals surface area contributed by atoms with Gasteiger partial charge in [-0.3, -0.25) is 9.59 Å². The van der Waals surface area contributed by atoms with Crippen LogP contribution in [0.25, 0.3) is 10.9 Å². The molecular formula is C12H11Br2N3O2. The van der Waals surface area contributed by atoms with Gasteiger partial charge < -0.3 is 15.6 Å². The maximum absolute atomic E-state index is 12.0. The Morgan fingerprint density at radius 3 is 2.63 bits per heavy atom. The third-order valence-corrected chi connectivity index (χ3v) is 4.50. The highest BCUT2D eigenvalue weighted by Crippen LogP contribution is 2.29. The van der Waals surface area contributed by atoms with Crippen molar-refractivity contribution in [2.75, 3.05) is 13.6 Å². The minimum Gasteiger partial charge on any atom is -0.360 e. The topological polar surface area (TPSA) is 74.0 Å². The molecular weight excluding hydrogens is 378 g/mol. The van der Waals surface area contributed by atoms with Gasteiger partial charge in [0.25, 0.3) is 5.91 Å². The van der Waals surface area contributed by atoms with E-state index in [0.717, 1.165) is 19.8 Å². The number of benzene rings is 1. The van der Waals surface area contributed by atoms with E-state index in [-0.39, 0.29) is 18.4 Å². The van der Waals surface area contributed by atoms with E-state index >= 15 is 0 Å². The number of fused-ring (bicyclic) bond motifs is 1. The molecule has 0 atom stereocenters. The van der Waals surface area contributed by atoms with Crippen molar-refractivity contribution in [3.05, 3.63) is 32.8 Å². The molecule has 100 valence electrons. The lowest BCUT2D eigenvalue weighted by atomic mass is 10.1. The van der Waals surface area contributed by atoms with Crippen LogP contribution >= 0.6 is 31.9 Å². The quantitative estimate of drug-likeness (QED) is 0.753. The molecule has 0 fully saturated rings. The summed E-state index contributed by atoms with van der Waals surface area (Å²) < 4.78 is 1.76. The number of carbonyl (C=O) groups excluding carboxylic acids is 2. The molecule has 19 heavy (non-hydrogen) atoms. The first-order valence-electron chi connectivity index (χ1n) is 5.48. The van der Waals surface area contributed by atoms with E-state index in [0.29, 0.717) is 5.56 Å². The number of H-pyrrole nitrogens is 1. The standard InChI is InChI=1S/C12H11Br2N3O2/c1-15-11(18)5-17-12(19)7-4-16-10-3-9(14)8(13)2-6(7)10/h2-4,16H,5H2,1H3,(H,15,18)(H,17,19). The van der Waals surface area contributed by atoms with Gasteiger partial charge in [0.2, 0.25) is 5.91 Å². The summed E-state index contributed by atoms with van der Waals surface area (Å²) in [5.74, 6) is -0.527. The smallest absolute Gasteiger partial charge is 0.253 e. The van der Waals surface area contributed by atoms with Gasteiger partial charge in [0.15, 0.2) is 0 Å². The number of aromatic amines is 1. The van der Waals surface area contributed by atoms with Crippen LogP contribution in [0.3, 0.4) is 0 Å². The number of halogens is 2. The van der Waals surface area contributed by atoms with Crippen molar-refractivity contribution in [1.29, 1.82) is 0 Å². The Morgan fingerprint density at radius 1 is 1.26 bits per heavy atom. The molecule has 1 heterocycles. The summed E-state index contributed by atoms with van der Waals surface area (Å²) in [6, 6.07) is 3.74. The fourth-order valence-electron chi connectivity index (χ4n) is 1.65. The van der Waals surface area contributed by atoms with Gasteiger partial charge in [-0.1, -0.05) is 0 Å². The first-order chi connectivity index (χ1) is 9.02. The number of rotatable bonds is 3. The molecule has 0 saturated carbocycles. The van der Waals surface area contributed by atoms with E-state index in [2.05, 4.69) is 47.5 Å². The highest BCUT2D eigenvalue weighted by Gasteiger charge is 2.14. The Morgan fingerprint density at radius 2 is 1.95 bits per heavy atom. The fourth-order valence-corrected chi connectivity index (χ4v) is 2.34. The molecule has 1 aromatic heterocycles. The minimum atomic E-state index is -0.288. The van der Waals surface area contributed by atoms with E-state index in [1.807, 2.05) is 12.1 Å². The molecule has 3 N–H and O–H groups in total. The van der Waals surface area contributed by atoms with E-state index in [4.69, 9.17) is 0 Å². The van der Waals surface area contributed by atoms with Gasteiger partial charge in [-0.2, -0.15) is 0 Å². The van der Waals surface area contributed by atoms with Gasteiger partial charge in [-0.15, -0.1) is 0 Å². The van der Waals surface area contributed by atoms with Crippen LogP contribution < -0.4 is 10.6 Å². The molecule has 0 aliphatic rings. The Hall–Kier alpha value is -1.34. The van der Waals surface area contributed by atoms with Crippen LogP contribution in [0.4, 0.5) is 0 Å². The van der Waals surface area contributed by atoms with Gasteiger partial charge in [-0.05, 0) is 44.0 Å². The van der Waals surface area contributed by atoms with E-state index in [1.165, 1.54) is 7.05 Å². The fraction of sp³-hybridized carbons (Fsp3) is 0.167. The van der Waals surface area contributed by atoms with Gasteiger partial charge in [0.05, 0.1) is 12.1 Å². The molecule has 0 bridgehead atoms. The monoisotopic (exact) mass is 387 g/mol. The molecule has 0 unspecified atom stereocenters. The molecule has 2 amide bonds. The summed E-state index contributed by atoms with van der Waals surface area (Å²) in [6.07, 6.45) is 1.63. The van der Waals surface area contributed by atoms with Gasteiger partial charge in [0, 0.05) is 33.1 Å². The van der Waals surface area contributed by atoms with Crippen LogP contribution in [0, 0.1) is 0 Å². The van der Waals surface area contributed by atoms with Crippen molar-refractivity contribution >= 4 is 54.6 Å². The second-order valence-electron chi connectivity index (χ2n) is 3.87. The van der Waals surface area contributed by atoms with E-state index in [1.54, 1.807) is 6.20 Å². The Labute approximate surface area is 126 Å². The molecule has 0 radical (unpaired) electrons. The van der Waals surface area contributed by atoms with Crippen LogP contribution in [0.1, 0.15) is 10.4 Å². The molecule has 0 spiro atoms. The van der Waals surface area contributed by atoms with Crippen molar-refractivity contribution in [2.24, 2.45) is 0 Å². The Balaban J connectivity index is 2.27. The second-order valence-corrected chi connectivity index (χ2v) is 5.58. The number of carbonyl (C=O) groups is 2. The third kappa shape index (κ3) is 2.98. The van der Waals surface area contributed by atoms with Crippen molar-refractivity contribution in [3.8, 4) is 0 Å². The molecule has 2 rings (SSSR count). The van der Waals surface area contributed by atoms with Crippen molar-refractivity contribution in [1.82, 2.24) is 15.6 Å². The SMILES string of the molecule is CNC(=O)CNC(=O)c1c[nH]c2cc(Br)c(Br)cc12. The second kappa shape index (κ2) is 5.75. The first-order valence-corrected chi connectivity index (χ1v) is 7.06. The molecule has 0 saturated heterocycles. The predicted octanol–water partition coefficient (Wildman–Crippen LogP) is 2.17. The largest absolute Gasteiger partial charge is 0.360 e. The minimum absolute atomic E-state index is 0.0420. The summed E-state index contributed by atoms with van der Waals surface area (Å²) >= 11 is 6.80. The number of nitrogens with one attached hydrogen (secondary N) is 3. The maximum Gasteiger partial charge on any atom is 0.253 e. The highest BCUT2D eigenvalue weighted by molar-refractivity contribution is 9.13. The Bertz CT molecular complexity index is 652. The lowest BCUT2D eigenvalue weighted by Crippen LogP contribution is -2.35. The van der Waals surface area contributed by atoms with Crippen LogP contribution in [-0.4, -0.2) is 30.4 Å². The van der Waals surface area contributed by atoms with Gasteiger partial charge in [-0.25, -0.2) is 0 Å². The van der Waals surface area contributed by atoms with Crippen LogP contribution in [0.15, 0.2) is 27.3 Å². The van der Waals surface area contributed by atoms with Crippen LogP contribution in [0.5, 0.6) is 0 Å². The lowest BCUT2D eigenvalue weighted by molar-refractivity contribution is -0.119. The number of amides is 2. The average molecular weight is 389 g/mol. The average Bonchev–Trinajstić information content (AvgIpc) is 2.79. The van der Waals surface area contributed by atoms with Crippen molar-refractivity contribution in [3.63, 3.8) is 0 Å². The third-order valence-electron chi connectivity index (χ3n) is 2.66. The van der Waals surface area contributed by atoms with E-state index in [9.17, 15) is 9.59 Å². The number of hydrogen-bond acceptors (Lipinski definition) is 2. The molecule has 0 aliphatic heterocycles. The first kappa shape index (κ1) is 14.1. The van der Waals surface area contributed by atoms with Crippen LogP contribution in [0.2, 0.25) is 0 Å². The van der Waals surface area contributed by atoms with Gasteiger partial charge >= 0.3 is 0 Å². The zero-order valence-corrected chi connectivity index (χ0v) is 13.2. The number of hydrogen-bond donors (Lipinski definition) is 3. The van der Waals surface area contributed by atoms with Crippen molar-refractivity contribution in [2.45, 2.75) is 0 Å². The molecule has 7 heteroatoms. The molecule has 0 aliphatic carbocycles. The summed E-state index contributed by atoms with van der Waals surface area (Å²) in [6.45, 7) is -0.0420. The zero-order chi connectivity index (χ0) is 14.0. The molecule has 5 nitrogen and oxygen atoms in total. The number of aromatic nitrogens is 1. The van der Waals surface area contributed by atoms with Gasteiger partial charge in [0.1, 0.15) is 0 Å². The maximum atomic E-state index is 12.0. The predicted molar refractivity (Wildman–Crippen MR) is 80.1 cm³/mol. The highest BCUT2D eigenvalue weighted by atomic mass is 79.9. The summed E-state index contributed by atoms with van der Waals surface area (Å²) in [7, 11) is 1.52. The summed E-state index contributed by atoms with van der Waals surface area (Å²) in [5, 5.41) is 5.80. The number of likely N-dealkylation sites (N-methyl/N-ethyl adjacent to an activating group) is 1. The zero-order valence-electron chi connectivity index (χ0n) is 10.0. The lowest BCUT2D eigenvalue weighted by Gasteiger charge is -2.03. The normalized spacial score (nSPS) is 10.5. The van der Waals surface area contributed by atoms with Crippen LogP contribution in [-0.2, 0) is 4.79 Å².